The van der Waals surface area contributed by atoms with Gasteiger partial charge >= 0.3 is 0 Å². The topological polar surface area (TPSA) is 44.9 Å². The summed E-state index contributed by atoms with van der Waals surface area (Å²) < 4.78 is 1.82. The van der Waals surface area contributed by atoms with E-state index in [1.165, 1.54) is 19.3 Å². The third-order valence-corrected chi connectivity index (χ3v) is 3.45. The Balaban J connectivity index is 2.24. The van der Waals surface area contributed by atoms with E-state index in [2.05, 4.69) is 23.0 Å². The second kappa shape index (κ2) is 5.33. The van der Waals surface area contributed by atoms with Gasteiger partial charge in [-0.1, -0.05) is 13.3 Å². The van der Waals surface area contributed by atoms with Crippen molar-refractivity contribution in [3.8, 4) is 6.07 Å². The van der Waals surface area contributed by atoms with E-state index in [0.29, 0.717) is 0 Å². The number of hydrogen-bond acceptors (Lipinski definition) is 3. The first-order valence-corrected chi connectivity index (χ1v) is 6.42. The molecule has 0 spiro atoms. The predicted molar refractivity (Wildman–Crippen MR) is 66.4 cm³/mol. The van der Waals surface area contributed by atoms with Gasteiger partial charge in [-0.3, -0.25) is 9.58 Å². The maximum absolute atomic E-state index is 9.43. The van der Waals surface area contributed by atoms with E-state index in [9.17, 15) is 5.26 Å². The molecule has 1 aromatic rings. The maximum atomic E-state index is 9.43. The van der Waals surface area contributed by atoms with Crippen LogP contribution in [0.5, 0.6) is 0 Å². The van der Waals surface area contributed by atoms with Gasteiger partial charge in [0, 0.05) is 18.8 Å². The monoisotopic (exact) mass is 232 g/mol. The third kappa shape index (κ3) is 2.50. The van der Waals surface area contributed by atoms with Crippen molar-refractivity contribution in [3.63, 3.8) is 0 Å². The second-order valence-corrected chi connectivity index (χ2v) is 4.69. The first-order valence-electron chi connectivity index (χ1n) is 6.42. The van der Waals surface area contributed by atoms with Crippen LogP contribution in [-0.4, -0.2) is 27.8 Å². The van der Waals surface area contributed by atoms with Gasteiger partial charge in [0.1, 0.15) is 6.04 Å². The number of aryl methyl sites for hydroxylation is 2. The van der Waals surface area contributed by atoms with Crippen LogP contribution >= 0.6 is 0 Å². The summed E-state index contributed by atoms with van der Waals surface area (Å²) in [6.07, 6.45) is 6.60. The lowest BCUT2D eigenvalue weighted by Crippen LogP contribution is -2.33. The lowest BCUT2D eigenvalue weighted by atomic mass is 10.0. The number of piperidine rings is 1. The van der Waals surface area contributed by atoms with E-state index in [1.807, 2.05) is 17.9 Å². The van der Waals surface area contributed by atoms with Crippen LogP contribution in [0.2, 0.25) is 0 Å². The molecule has 1 fully saturated rings. The molecule has 0 saturated carbocycles. The van der Waals surface area contributed by atoms with Crippen molar-refractivity contribution in [1.29, 1.82) is 5.26 Å². The first kappa shape index (κ1) is 12.1. The Labute approximate surface area is 103 Å². The fourth-order valence-electron chi connectivity index (χ4n) is 2.58. The minimum absolute atomic E-state index is 0.112. The van der Waals surface area contributed by atoms with E-state index in [0.717, 1.165) is 30.8 Å². The predicted octanol–water partition coefficient (Wildman–Crippen LogP) is 2.03. The molecule has 17 heavy (non-hydrogen) atoms. The van der Waals surface area contributed by atoms with Crippen LogP contribution in [-0.2, 0) is 13.5 Å². The highest BCUT2D eigenvalue weighted by atomic mass is 15.3. The highest BCUT2D eigenvalue weighted by Gasteiger charge is 2.25. The summed E-state index contributed by atoms with van der Waals surface area (Å²) in [6, 6.07) is 2.34. The fourth-order valence-corrected chi connectivity index (χ4v) is 2.58. The lowest BCUT2D eigenvalue weighted by Gasteiger charge is -2.30. The molecule has 0 radical (unpaired) electrons. The molecule has 4 heteroatoms. The van der Waals surface area contributed by atoms with Crippen molar-refractivity contribution in [2.45, 2.75) is 38.6 Å². The minimum Gasteiger partial charge on any atom is -0.284 e. The largest absolute Gasteiger partial charge is 0.284 e. The zero-order valence-electron chi connectivity index (χ0n) is 10.7. The molecule has 0 amide bonds. The Kier molecular flexibility index (Phi) is 3.80. The third-order valence-electron chi connectivity index (χ3n) is 3.45. The summed E-state index contributed by atoms with van der Waals surface area (Å²) in [4.78, 5) is 2.29. The van der Waals surface area contributed by atoms with Crippen LogP contribution in [0.3, 0.4) is 0 Å². The number of nitriles is 1. The Morgan fingerprint density at radius 3 is 2.71 bits per heavy atom. The van der Waals surface area contributed by atoms with Crippen LogP contribution < -0.4 is 0 Å². The van der Waals surface area contributed by atoms with Gasteiger partial charge in [0.05, 0.1) is 11.8 Å². The molecule has 1 aliphatic heterocycles. The summed E-state index contributed by atoms with van der Waals surface area (Å²) in [5, 5.41) is 13.9. The van der Waals surface area contributed by atoms with Gasteiger partial charge in [-0.15, -0.1) is 0 Å². The molecule has 2 rings (SSSR count). The zero-order valence-corrected chi connectivity index (χ0v) is 10.7. The second-order valence-electron chi connectivity index (χ2n) is 4.69. The molecule has 0 bridgehead atoms. The Morgan fingerprint density at radius 2 is 2.12 bits per heavy atom. The van der Waals surface area contributed by atoms with Crippen LogP contribution in [0.1, 0.15) is 43.5 Å². The van der Waals surface area contributed by atoms with Crippen molar-refractivity contribution in [3.05, 3.63) is 17.5 Å². The van der Waals surface area contributed by atoms with Gasteiger partial charge in [-0.05, 0) is 32.4 Å². The highest BCUT2D eigenvalue weighted by molar-refractivity contribution is 5.26. The molecule has 2 heterocycles. The zero-order chi connectivity index (χ0) is 12.3. The molecule has 92 valence electrons. The fraction of sp³-hybridized carbons (Fsp3) is 0.692. The van der Waals surface area contributed by atoms with Crippen molar-refractivity contribution in [2.24, 2.45) is 7.05 Å². The van der Waals surface area contributed by atoms with Gasteiger partial charge in [-0.2, -0.15) is 10.4 Å². The molecule has 0 aromatic carbocycles. The maximum Gasteiger partial charge on any atom is 0.127 e. The average Bonchev–Trinajstić information content (AvgIpc) is 2.73. The SMILES string of the molecule is CCc1nn(C)cc1C(C#N)N1CCCCC1. The molecule has 0 aliphatic carbocycles. The number of likely N-dealkylation sites (tertiary alicyclic amines) is 1. The van der Waals surface area contributed by atoms with E-state index in [1.54, 1.807) is 0 Å². The number of rotatable bonds is 3. The van der Waals surface area contributed by atoms with E-state index in [4.69, 9.17) is 0 Å². The highest BCUT2D eigenvalue weighted by Crippen LogP contribution is 2.26. The quantitative estimate of drug-likeness (QED) is 0.801. The molecule has 1 aliphatic rings. The van der Waals surface area contributed by atoms with Crippen molar-refractivity contribution < 1.29 is 0 Å². The summed E-state index contributed by atoms with van der Waals surface area (Å²) in [6.45, 7) is 4.17. The number of aromatic nitrogens is 2. The van der Waals surface area contributed by atoms with Gasteiger partial charge in [-0.25, -0.2) is 0 Å². The van der Waals surface area contributed by atoms with Gasteiger partial charge in [0.15, 0.2) is 0 Å². The molecule has 1 unspecified atom stereocenters. The van der Waals surface area contributed by atoms with Gasteiger partial charge < -0.3 is 0 Å². The first-order chi connectivity index (χ1) is 8.26. The summed E-state index contributed by atoms with van der Waals surface area (Å²) in [5.41, 5.74) is 2.16. The Morgan fingerprint density at radius 1 is 1.41 bits per heavy atom. The minimum atomic E-state index is -0.112. The van der Waals surface area contributed by atoms with Crippen molar-refractivity contribution in [1.82, 2.24) is 14.7 Å². The van der Waals surface area contributed by atoms with Crippen LogP contribution in [0, 0.1) is 11.3 Å². The molecule has 1 saturated heterocycles. The van der Waals surface area contributed by atoms with Crippen LogP contribution in [0.4, 0.5) is 0 Å². The normalized spacial score (nSPS) is 18.9. The number of hydrogen-bond donors (Lipinski definition) is 0. The standard InChI is InChI=1S/C13H20N4/c1-3-12-11(10-16(2)15-12)13(9-14)17-7-5-4-6-8-17/h10,13H,3-8H2,1-2H3. The summed E-state index contributed by atoms with van der Waals surface area (Å²) >= 11 is 0. The smallest absolute Gasteiger partial charge is 0.127 e. The van der Waals surface area contributed by atoms with Crippen molar-refractivity contribution in [2.75, 3.05) is 13.1 Å². The summed E-state index contributed by atoms with van der Waals surface area (Å²) in [5.74, 6) is 0. The van der Waals surface area contributed by atoms with Gasteiger partial charge in [0.25, 0.3) is 0 Å². The molecule has 1 atom stereocenters. The van der Waals surface area contributed by atoms with Crippen LogP contribution in [0.15, 0.2) is 6.20 Å². The molecular formula is C13H20N4. The molecule has 4 nitrogen and oxygen atoms in total. The average molecular weight is 232 g/mol. The summed E-state index contributed by atoms with van der Waals surface area (Å²) in [7, 11) is 1.92. The van der Waals surface area contributed by atoms with Gasteiger partial charge in [0.2, 0.25) is 0 Å². The van der Waals surface area contributed by atoms with Crippen molar-refractivity contribution >= 4 is 0 Å². The molecule has 0 N–H and O–H groups in total. The van der Waals surface area contributed by atoms with E-state index >= 15 is 0 Å². The molecular weight excluding hydrogens is 212 g/mol. The van der Waals surface area contributed by atoms with E-state index < -0.39 is 0 Å². The lowest BCUT2D eigenvalue weighted by molar-refractivity contribution is 0.195. The Bertz CT molecular complexity index is 410. The van der Waals surface area contributed by atoms with Crippen LogP contribution in [0.25, 0.3) is 0 Å². The van der Waals surface area contributed by atoms with E-state index in [-0.39, 0.29) is 6.04 Å². The Hall–Kier alpha value is -1.34. The molecule has 1 aromatic heterocycles. The number of nitrogens with zero attached hydrogens (tertiary/aromatic N) is 4.